The van der Waals surface area contributed by atoms with Crippen LogP contribution in [0.4, 0.5) is 17.1 Å². The second kappa shape index (κ2) is 10.8. The summed E-state index contributed by atoms with van der Waals surface area (Å²) in [5.41, 5.74) is 16.7. The fourth-order valence-electron chi connectivity index (χ4n) is 9.19. The van der Waals surface area contributed by atoms with E-state index in [4.69, 9.17) is 0 Å². The third kappa shape index (κ3) is 4.34. The summed E-state index contributed by atoms with van der Waals surface area (Å²) in [5.74, 6) is 0. The van der Waals surface area contributed by atoms with Crippen LogP contribution in [0.5, 0.6) is 0 Å². The van der Waals surface area contributed by atoms with Crippen LogP contribution in [-0.4, -0.2) is 0 Å². The van der Waals surface area contributed by atoms with Crippen molar-refractivity contribution in [3.8, 4) is 33.4 Å². The Kier molecular flexibility index (Phi) is 6.34. The van der Waals surface area contributed by atoms with Crippen LogP contribution in [0.2, 0.25) is 0 Å². The maximum Gasteiger partial charge on any atom is 0.0465 e. The molecule has 0 aliphatic heterocycles. The van der Waals surface area contributed by atoms with Crippen LogP contribution in [0.3, 0.4) is 0 Å². The lowest BCUT2D eigenvalue weighted by Crippen LogP contribution is -2.18. The van der Waals surface area contributed by atoms with Crippen molar-refractivity contribution in [1.82, 2.24) is 0 Å². The van der Waals surface area contributed by atoms with Crippen molar-refractivity contribution in [3.05, 3.63) is 186 Å². The summed E-state index contributed by atoms with van der Waals surface area (Å²) in [6, 6.07) is 61.1. The molecule has 0 aromatic heterocycles. The van der Waals surface area contributed by atoms with Gasteiger partial charge in [-0.2, -0.15) is 0 Å². The minimum absolute atomic E-state index is 0.0871. The van der Waals surface area contributed by atoms with Crippen molar-refractivity contribution in [2.24, 2.45) is 0 Å². The van der Waals surface area contributed by atoms with E-state index in [1.165, 1.54) is 88.6 Å². The van der Waals surface area contributed by atoms with E-state index in [0.717, 1.165) is 5.69 Å². The number of hydrogen-bond acceptors (Lipinski definition) is 1. The number of hydrogen-bond donors (Lipinski definition) is 0. The van der Waals surface area contributed by atoms with E-state index >= 15 is 0 Å². The number of benzene rings is 8. The predicted molar refractivity (Wildman–Crippen MR) is 217 cm³/mol. The Morgan fingerprint density at radius 2 is 0.784 bits per heavy atom. The molecular formula is C50H39N. The topological polar surface area (TPSA) is 3.24 Å². The van der Waals surface area contributed by atoms with Crippen LogP contribution in [-0.2, 0) is 10.8 Å². The highest BCUT2D eigenvalue weighted by Gasteiger charge is 2.37. The second-order valence-electron chi connectivity index (χ2n) is 15.4. The average Bonchev–Trinajstić information content (AvgIpc) is 3.54. The Bertz CT molecular complexity index is 2580. The van der Waals surface area contributed by atoms with E-state index in [-0.39, 0.29) is 10.8 Å². The fourth-order valence-corrected chi connectivity index (χ4v) is 9.19. The first-order valence-electron chi connectivity index (χ1n) is 18.1. The molecule has 244 valence electrons. The van der Waals surface area contributed by atoms with Gasteiger partial charge in [-0.1, -0.05) is 149 Å². The van der Waals surface area contributed by atoms with Gasteiger partial charge < -0.3 is 4.90 Å². The summed E-state index contributed by atoms with van der Waals surface area (Å²) < 4.78 is 0. The number of fused-ring (bicyclic) bond motifs is 9. The molecule has 0 fully saturated rings. The molecule has 8 aromatic carbocycles. The zero-order valence-corrected chi connectivity index (χ0v) is 29.5. The molecule has 0 bridgehead atoms. The highest BCUT2D eigenvalue weighted by Crippen LogP contribution is 2.53. The summed E-state index contributed by atoms with van der Waals surface area (Å²) in [6.45, 7) is 9.46. The minimum atomic E-state index is -0.0871. The first-order valence-corrected chi connectivity index (χ1v) is 18.1. The Labute approximate surface area is 300 Å². The van der Waals surface area contributed by atoms with Crippen LogP contribution in [0.1, 0.15) is 49.9 Å². The molecule has 0 saturated heterocycles. The lowest BCUT2D eigenvalue weighted by molar-refractivity contribution is 0.660. The van der Waals surface area contributed by atoms with Gasteiger partial charge in [-0.3, -0.25) is 0 Å². The molecular weight excluding hydrogens is 615 g/mol. The van der Waals surface area contributed by atoms with Crippen molar-refractivity contribution in [1.29, 1.82) is 0 Å². The molecule has 2 aliphatic rings. The zero-order valence-electron chi connectivity index (χ0n) is 29.5. The van der Waals surface area contributed by atoms with E-state index in [0.29, 0.717) is 0 Å². The first-order chi connectivity index (χ1) is 24.8. The van der Waals surface area contributed by atoms with Crippen molar-refractivity contribution in [2.75, 3.05) is 4.90 Å². The minimum Gasteiger partial charge on any atom is -0.310 e. The summed E-state index contributed by atoms with van der Waals surface area (Å²) in [4.78, 5) is 2.46. The summed E-state index contributed by atoms with van der Waals surface area (Å²) >= 11 is 0. The van der Waals surface area contributed by atoms with Crippen molar-refractivity contribution in [3.63, 3.8) is 0 Å². The van der Waals surface area contributed by atoms with Crippen molar-refractivity contribution < 1.29 is 0 Å². The van der Waals surface area contributed by atoms with Crippen LogP contribution >= 0.6 is 0 Å². The Hall–Kier alpha value is -5.92. The number of anilines is 3. The van der Waals surface area contributed by atoms with Gasteiger partial charge >= 0.3 is 0 Å². The molecule has 0 heterocycles. The van der Waals surface area contributed by atoms with Gasteiger partial charge in [-0.05, 0) is 120 Å². The van der Waals surface area contributed by atoms with Gasteiger partial charge in [-0.15, -0.1) is 0 Å². The molecule has 0 atom stereocenters. The summed E-state index contributed by atoms with van der Waals surface area (Å²) in [6.07, 6.45) is 0. The van der Waals surface area contributed by atoms with Gasteiger partial charge in [0.1, 0.15) is 0 Å². The molecule has 0 spiro atoms. The predicted octanol–water partition coefficient (Wildman–Crippen LogP) is 13.7. The van der Waals surface area contributed by atoms with E-state index < -0.39 is 0 Å². The number of nitrogens with zero attached hydrogens (tertiary/aromatic N) is 1. The molecule has 51 heavy (non-hydrogen) atoms. The van der Waals surface area contributed by atoms with Gasteiger partial charge in [0.05, 0.1) is 0 Å². The van der Waals surface area contributed by atoms with Gasteiger partial charge in [0, 0.05) is 27.9 Å². The van der Waals surface area contributed by atoms with Gasteiger partial charge in [0.2, 0.25) is 0 Å². The summed E-state index contributed by atoms with van der Waals surface area (Å²) in [7, 11) is 0. The lowest BCUT2D eigenvalue weighted by atomic mass is 9.82. The maximum atomic E-state index is 2.46. The van der Waals surface area contributed by atoms with Crippen LogP contribution in [0.25, 0.3) is 54.9 Å². The van der Waals surface area contributed by atoms with Gasteiger partial charge in [0.25, 0.3) is 0 Å². The smallest absolute Gasteiger partial charge is 0.0465 e. The third-order valence-electron chi connectivity index (χ3n) is 11.9. The Morgan fingerprint density at radius 3 is 1.37 bits per heavy atom. The van der Waals surface area contributed by atoms with E-state index in [1.807, 2.05) is 0 Å². The van der Waals surface area contributed by atoms with E-state index in [1.54, 1.807) is 0 Å². The highest BCUT2D eigenvalue weighted by atomic mass is 15.1. The monoisotopic (exact) mass is 653 g/mol. The molecule has 8 aromatic rings. The quantitative estimate of drug-likeness (QED) is 0.171. The summed E-state index contributed by atoms with van der Waals surface area (Å²) in [5, 5.41) is 5.13. The van der Waals surface area contributed by atoms with Gasteiger partial charge in [-0.25, -0.2) is 0 Å². The first kappa shape index (κ1) is 29.9. The molecule has 0 radical (unpaired) electrons. The van der Waals surface area contributed by atoms with Crippen LogP contribution in [0.15, 0.2) is 164 Å². The normalized spacial score (nSPS) is 14.6. The molecule has 2 aliphatic carbocycles. The van der Waals surface area contributed by atoms with Crippen molar-refractivity contribution >= 4 is 38.6 Å². The lowest BCUT2D eigenvalue weighted by Gasteiger charge is -2.30. The molecule has 0 unspecified atom stereocenters. The van der Waals surface area contributed by atoms with Crippen molar-refractivity contribution in [2.45, 2.75) is 38.5 Å². The SMILES string of the molecule is CC1(C)c2ccccc2-c2ccc(N(c3ccc(-c4cc5ccccc5c5ccccc45)cc3)c3ccc4c(c3)C(C)(C)c3ccccc3-4)cc21. The Balaban J connectivity index is 1.14. The Morgan fingerprint density at radius 1 is 0.333 bits per heavy atom. The highest BCUT2D eigenvalue weighted by molar-refractivity contribution is 6.13. The molecule has 0 amide bonds. The second-order valence-corrected chi connectivity index (χ2v) is 15.4. The van der Waals surface area contributed by atoms with Crippen LogP contribution < -0.4 is 4.90 Å². The fraction of sp³-hybridized carbons (Fsp3) is 0.120. The largest absolute Gasteiger partial charge is 0.310 e. The molecule has 1 heteroatoms. The van der Waals surface area contributed by atoms with Gasteiger partial charge in [0.15, 0.2) is 0 Å². The van der Waals surface area contributed by atoms with Crippen LogP contribution in [0, 0.1) is 0 Å². The molecule has 10 rings (SSSR count). The third-order valence-corrected chi connectivity index (χ3v) is 11.9. The number of rotatable bonds is 4. The molecule has 0 N–H and O–H groups in total. The molecule has 1 nitrogen and oxygen atoms in total. The maximum absolute atomic E-state index is 2.46. The average molecular weight is 654 g/mol. The van der Waals surface area contributed by atoms with E-state index in [9.17, 15) is 0 Å². The van der Waals surface area contributed by atoms with E-state index in [2.05, 4.69) is 196 Å². The zero-order chi connectivity index (χ0) is 34.5. The molecule has 0 saturated carbocycles. The standard InChI is InChI=1S/C50H39N/c1-49(2)45-19-11-9-17-40(45)42-27-25-35(30-47(42)49)51(36-26-28-43-41-18-10-12-20-46(41)50(3,4)48(43)31-36)34-23-21-32(22-24-34)44-29-33-13-5-6-14-37(33)38-15-7-8-16-39(38)44/h5-31H,1-4H3.